The lowest BCUT2D eigenvalue weighted by Gasteiger charge is -2.23. The van der Waals surface area contributed by atoms with E-state index in [0.29, 0.717) is 6.04 Å². The van der Waals surface area contributed by atoms with E-state index in [2.05, 4.69) is 21.4 Å². The summed E-state index contributed by atoms with van der Waals surface area (Å²) in [6, 6.07) is 2.71. The molecule has 3 atom stereocenters. The SMILES string of the molecule is Cc1cc(NC2CC3CCC2C3)nc(C)n1. The first-order valence-electron chi connectivity index (χ1n) is 6.29. The second-order valence-electron chi connectivity index (χ2n) is 5.37. The smallest absolute Gasteiger partial charge is 0.130 e. The first-order chi connectivity index (χ1) is 7.70. The Bertz CT molecular complexity index is 382. The summed E-state index contributed by atoms with van der Waals surface area (Å²) < 4.78 is 0. The van der Waals surface area contributed by atoms with Crippen LogP contribution in [0.5, 0.6) is 0 Å². The zero-order valence-corrected chi connectivity index (χ0v) is 10.0. The van der Waals surface area contributed by atoms with Crippen LogP contribution >= 0.6 is 0 Å². The fourth-order valence-corrected chi connectivity index (χ4v) is 3.40. The average Bonchev–Trinajstić information content (AvgIpc) is 2.77. The van der Waals surface area contributed by atoms with Crippen LogP contribution in [0.25, 0.3) is 0 Å². The maximum atomic E-state index is 4.46. The molecule has 2 bridgehead atoms. The van der Waals surface area contributed by atoms with Crippen molar-refractivity contribution in [1.82, 2.24) is 9.97 Å². The Balaban J connectivity index is 1.74. The van der Waals surface area contributed by atoms with Gasteiger partial charge in [-0.2, -0.15) is 0 Å². The third-order valence-electron chi connectivity index (χ3n) is 4.04. The minimum Gasteiger partial charge on any atom is -0.367 e. The molecule has 3 nitrogen and oxygen atoms in total. The van der Waals surface area contributed by atoms with Gasteiger partial charge in [0.15, 0.2) is 0 Å². The van der Waals surface area contributed by atoms with E-state index in [1.165, 1.54) is 25.7 Å². The summed E-state index contributed by atoms with van der Waals surface area (Å²) in [5.74, 6) is 3.75. The fourth-order valence-electron chi connectivity index (χ4n) is 3.40. The van der Waals surface area contributed by atoms with Gasteiger partial charge < -0.3 is 5.32 Å². The van der Waals surface area contributed by atoms with Crippen molar-refractivity contribution in [2.45, 2.75) is 45.6 Å². The van der Waals surface area contributed by atoms with Gasteiger partial charge in [0.05, 0.1) is 0 Å². The number of hydrogen-bond donors (Lipinski definition) is 1. The molecule has 1 aromatic rings. The highest BCUT2D eigenvalue weighted by atomic mass is 15.1. The number of hydrogen-bond acceptors (Lipinski definition) is 3. The van der Waals surface area contributed by atoms with Gasteiger partial charge in [-0.25, -0.2) is 9.97 Å². The number of aromatic nitrogens is 2. The normalized spacial score (nSPS) is 32.0. The lowest BCUT2D eigenvalue weighted by molar-refractivity contribution is 0.439. The molecule has 16 heavy (non-hydrogen) atoms. The van der Waals surface area contributed by atoms with E-state index in [1.807, 2.05) is 13.8 Å². The third kappa shape index (κ3) is 1.79. The van der Waals surface area contributed by atoms with E-state index in [0.717, 1.165) is 29.2 Å². The highest BCUT2D eigenvalue weighted by Crippen LogP contribution is 2.45. The number of rotatable bonds is 2. The molecule has 0 aromatic carbocycles. The van der Waals surface area contributed by atoms with Crippen molar-refractivity contribution in [1.29, 1.82) is 0 Å². The Morgan fingerprint density at radius 1 is 1.19 bits per heavy atom. The number of fused-ring (bicyclic) bond motifs is 2. The predicted molar refractivity (Wildman–Crippen MR) is 64.4 cm³/mol. The molecular formula is C13H19N3. The summed E-state index contributed by atoms with van der Waals surface area (Å²) in [5.41, 5.74) is 1.05. The molecule has 0 amide bonds. The van der Waals surface area contributed by atoms with E-state index in [1.54, 1.807) is 0 Å². The topological polar surface area (TPSA) is 37.8 Å². The van der Waals surface area contributed by atoms with Crippen LogP contribution in [0.15, 0.2) is 6.07 Å². The molecule has 2 aliphatic rings. The summed E-state index contributed by atoms with van der Waals surface area (Å²) in [5, 5.41) is 3.60. The van der Waals surface area contributed by atoms with Crippen LogP contribution in [-0.2, 0) is 0 Å². The van der Waals surface area contributed by atoms with Gasteiger partial charge in [-0.05, 0) is 44.9 Å². The molecule has 0 spiro atoms. The molecule has 86 valence electrons. The van der Waals surface area contributed by atoms with Gasteiger partial charge in [0.2, 0.25) is 0 Å². The molecule has 2 aliphatic carbocycles. The van der Waals surface area contributed by atoms with Gasteiger partial charge in [0.25, 0.3) is 0 Å². The Hall–Kier alpha value is -1.12. The summed E-state index contributed by atoms with van der Waals surface area (Å²) in [6.45, 7) is 3.99. The second-order valence-corrected chi connectivity index (χ2v) is 5.37. The summed E-state index contributed by atoms with van der Waals surface area (Å²) in [4.78, 5) is 8.76. The molecule has 0 saturated heterocycles. The molecule has 3 unspecified atom stereocenters. The molecule has 1 heterocycles. The van der Waals surface area contributed by atoms with Crippen molar-refractivity contribution in [3.8, 4) is 0 Å². The molecular weight excluding hydrogens is 198 g/mol. The lowest BCUT2D eigenvalue weighted by Crippen LogP contribution is -2.26. The quantitative estimate of drug-likeness (QED) is 0.827. The van der Waals surface area contributed by atoms with Crippen molar-refractivity contribution < 1.29 is 0 Å². The molecule has 2 saturated carbocycles. The Labute approximate surface area is 96.7 Å². The number of anilines is 1. The van der Waals surface area contributed by atoms with E-state index >= 15 is 0 Å². The zero-order chi connectivity index (χ0) is 11.1. The highest BCUT2D eigenvalue weighted by molar-refractivity contribution is 5.37. The Morgan fingerprint density at radius 2 is 2.06 bits per heavy atom. The van der Waals surface area contributed by atoms with Crippen molar-refractivity contribution in [3.63, 3.8) is 0 Å². The third-order valence-corrected chi connectivity index (χ3v) is 4.04. The highest BCUT2D eigenvalue weighted by Gasteiger charge is 2.39. The molecule has 1 N–H and O–H groups in total. The monoisotopic (exact) mass is 217 g/mol. The lowest BCUT2D eigenvalue weighted by atomic mass is 9.95. The van der Waals surface area contributed by atoms with E-state index < -0.39 is 0 Å². The molecule has 3 heteroatoms. The van der Waals surface area contributed by atoms with E-state index in [9.17, 15) is 0 Å². The molecule has 0 radical (unpaired) electrons. The number of nitrogens with zero attached hydrogens (tertiary/aromatic N) is 2. The molecule has 2 fully saturated rings. The number of aryl methyl sites for hydroxylation is 2. The van der Waals surface area contributed by atoms with Crippen LogP contribution in [-0.4, -0.2) is 16.0 Å². The maximum Gasteiger partial charge on any atom is 0.130 e. The molecule has 1 aromatic heterocycles. The molecule has 0 aliphatic heterocycles. The van der Waals surface area contributed by atoms with Crippen molar-refractivity contribution in [2.24, 2.45) is 11.8 Å². The average molecular weight is 217 g/mol. The summed E-state index contributed by atoms with van der Waals surface area (Å²) in [7, 11) is 0. The van der Waals surface area contributed by atoms with Gasteiger partial charge in [-0.1, -0.05) is 6.42 Å². The maximum absolute atomic E-state index is 4.46. The Morgan fingerprint density at radius 3 is 2.69 bits per heavy atom. The predicted octanol–water partition coefficient (Wildman–Crippen LogP) is 2.69. The van der Waals surface area contributed by atoms with Crippen LogP contribution in [0.4, 0.5) is 5.82 Å². The number of nitrogens with one attached hydrogen (secondary N) is 1. The van der Waals surface area contributed by atoms with Crippen LogP contribution in [0.2, 0.25) is 0 Å². The van der Waals surface area contributed by atoms with Crippen LogP contribution in [0.3, 0.4) is 0 Å². The zero-order valence-electron chi connectivity index (χ0n) is 10.0. The second kappa shape index (κ2) is 3.72. The van der Waals surface area contributed by atoms with Crippen LogP contribution in [0.1, 0.15) is 37.2 Å². The van der Waals surface area contributed by atoms with Crippen LogP contribution in [0, 0.1) is 25.7 Å². The standard InChI is InChI=1S/C13H19N3/c1-8-5-13(15-9(2)14-8)16-12-7-10-3-4-11(12)6-10/h5,10-12H,3-4,6-7H2,1-2H3,(H,14,15,16). The van der Waals surface area contributed by atoms with Gasteiger partial charge in [0.1, 0.15) is 11.6 Å². The first kappa shape index (κ1) is 10.1. The van der Waals surface area contributed by atoms with E-state index in [4.69, 9.17) is 0 Å². The van der Waals surface area contributed by atoms with Gasteiger partial charge in [-0.3, -0.25) is 0 Å². The first-order valence-corrected chi connectivity index (χ1v) is 6.29. The van der Waals surface area contributed by atoms with Gasteiger partial charge in [-0.15, -0.1) is 0 Å². The van der Waals surface area contributed by atoms with Crippen LogP contribution < -0.4 is 5.32 Å². The fraction of sp³-hybridized carbons (Fsp3) is 0.692. The minimum atomic E-state index is 0.660. The molecule has 3 rings (SSSR count). The summed E-state index contributed by atoms with van der Waals surface area (Å²) >= 11 is 0. The van der Waals surface area contributed by atoms with E-state index in [-0.39, 0.29) is 0 Å². The minimum absolute atomic E-state index is 0.660. The van der Waals surface area contributed by atoms with Gasteiger partial charge in [0, 0.05) is 17.8 Å². The van der Waals surface area contributed by atoms with Gasteiger partial charge >= 0.3 is 0 Å². The Kier molecular flexibility index (Phi) is 2.34. The largest absolute Gasteiger partial charge is 0.367 e. The summed E-state index contributed by atoms with van der Waals surface area (Å²) in [6.07, 6.45) is 5.63. The van der Waals surface area contributed by atoms with Crippen molar-refractivity contribution in [3.05, 3.63) is 17.6 Å². The van der Waals surface area contributed by atoms with Crippen molar-refractivity contribution >= 4 is 5.82 Å². The van der Waals surface area contributed by atoms with Crippen molar-refractivity contribution in [2.75, 3.05) is 5.32 Å².